The van der Waals surface area contributed by atoms with Gasteiger partial charge in [-0.1, -0.05) is 6.07 Å². The molecule has 0 aliphatic heterocycles. The SMILES string of the molecule is CC(c1cccs1)N(C)C(=O)NCCCOc1cccnc1. The Balaban J connectivity index is 1.65. The highest BCUT2D eigenvalue weighted by molar-refractivity contribution is 7.10. The van der Waals surface area contributed by atoms with Gasteiger partial charge in [-0.05, 0) is 36.9 Å². The maximum atomic E-state index is 12.1. The summed E-state index contributed by atoms with van der Waals surface area (Å²) in [5, 5.41) is 4.93. The maximum Gasteiger partial charge on any atom is 0.317 e. The van der Waals surface area contributed by atoms with Gasteiger partial charge < -0.3 is 15.0 Å². The van der Waals surface area contributed by atoms with Gasteiger partial charge in [-0.3, -0.25) is 4.98 Å². The fraction of sp³-hybridized carbons (Fsp3) is 0.375. The summed E-state index contributed by atoms with van der Waals surface area (Å²) in [6.07, 6.45) is 4.13. The first-order valence-corrected chi connectivity index (χ1v) is 8.13. The highest BCUT2D eigenvalue weighted by Gasteiger charge is 2.17. The Morgan fingerprint density at radius 1 is 1.45 bits per heavy atom. The number of hydrogen-bond acceptors (Lipinski definition) is 4. The van der Waals surface area contributed by atoms with E-state index in [9.17, 15) is 4.79 Å². The zero-order valence-corrected chi connectivity index (χ0v) is 13.7. The van der Waals surface area contributed by atoms with Crippen LogP contribution in [0.5, 0.6) is 5.75 Å². The lowest BCUT2D eigenvalue weighted by molar-refractivity contribution is 0.194. The minimum atomic E-state index is -0.0673. The summed E-state index contributed by atoms with van der Waals surface area (Å²) >= 11 is 1.66. The molecule has 0 aromatic carbocycles. The van der Waals surface area contributed by atoms with E-state index >= 15 is 0 Å². The van der Waals surface area contributed by atoms with Gasteiger partial charge in [0.2, 0.25) is 0 Å². The minimum absolute atomic E-state index is 0.0673. The van der Waals surface area contributed by atoms with Crippen molar-refractivity contribution in [3.8, 4) is 5.75 Å². The van der Waals surface area contributed by atoms with Crippen LogP contribution >= 0.6 is 11.3 Å². The Morgan fingerprint density at radius 3 is 3.00 bits per heavy atom. The molecule has 0 aliphatic rings. The standard InChI is InChI=1S/C16H21N3O2S/c1-13(15-7-4-11-22-15)19(2)16(20)18-9-5-10-21-14-6-3-8-17-12-14/h3-4,6-8,11-13H,5,9-10H2,1-2H3,(H,18,20). The van der Waals surface area contributed by atoms with Crippen molar-refractivity contribution >= 4 is 17.4 Å². The molecule has 2 heterocycles. The number of rotatable bonds is 7. The van der Waals surface area contributed by atoms with Gasteiger partial charge in [0.25, 0.3) is 0 Å². The summed E-state index contributed by atoms with van der Waals surface area (Å²) in [6, 6.07) is 7.74. The van der Waals surface area contributed by atoms with Crippen molar-refractivity contribution in [2.75, 3.05) is 20.2 Å². The average Bonchev–Trinajstić information content (AvgIpc) is 3.08. The molecule has 1 atom stereocenters. The number of nitrogens with zero attached hydrogens (tertiary/aromatic N) is 2. The van der Waals surface area contributed by atoms with Crippen LogP contribution in [0, 0.1) is 0 Å². The molecule has 0 spiro atoms. The number of pyridine rings is 1. The third-order valence-electron chi connectivity index (χ3n) is 3.36. The molecule has 118 valence electrons. The van der Waals surface area contributed by atoms with E-state index in [1.165, 1.54) is 4.88 Å². The summed E-state index contributed by atoms with van der Waals surface area (Å²) in [7, 11) is 1.81. The molecule has 0 aliphatic carbocycles. The van der Waals surface area contributed by atoms with Crippen molar-refractivity contribution in [2.45, 2.75) is 19.4 Å². The predicted molar refractivity (Wildman–Crippen MR) is 88.2 cm³/mol. The molecular formula is C16H21N3O2S. The van der Waals surface area contributed by atoms with Gasteiger partial charge in [-0.25, -0.2) is 4.79 Å². The molecule has 2 aromatic rings. The molecule has 2 amide bonds. The molecule has 2 aromatic heterocycles. The van der Waals surface area contributed by atoms with Crippen LogP contribution < -0.4 is 10.1 Å². The smallest absolute Gasteiger partial charge is 0.317 e. The average molecular weight is 319 g/mol. The second-order valence-corrected chi connectivity index (χ2v) is 5.90. The van der Waals surface area contributed by atoms with Gasteiger partial charge >= 0.3 is 6.03 Å². The topological polar surface area (TPSA) is 54.5 Å². The number of carbonyl (C=O) groups excluding carboxylic acids is 1. The van der Waals surface area contributed by atoms with Crippen molar-refractivity contribution < 1.29 is 9.53 Å². The minimum Gasteiger partial charge on any atom is -0.492 e. The van der Waals surface area contributed by atoms with Crippen LogP contribution in [-0.2, 0) is 0 Å². The van der Waals surface area contributed by atoms with Gasteiger partial charge in [0.15, 0.2) is 0 Å². The van der Waals surface area contributed by atoms with Crippen LogP contribution in [0.4, 0.5) is 4.79 Å². The van der Waals surface area contributed by atoms with E-state index in [-0.39, 0.29) is 12.1 Å². The Hall–Kier alpha value is -2.08. The van der Waals surface area contributed by atoms with E-state index in [0.29, 0.717) is 13.2 Å². The Kier molecular flexibility index (Phi) is 6.21. The number of urea groups is 1. The lowest BCUT2D eigenvalue weighted by Gasteiger charge is -2.24. The Morgan fingerprint density at radius 2 is 2.32 bits per heavy atom. The summed E-state index contributed by atoms with van der Waals surface area (Å²) < 4.78 is 5.53. The molecular weight excluding hydrogens is 298 g/mol. The van der Waals surface area contributed by atoms with E-state index in [4.69, 9.17) is 4.74 Å². The molecule has 5 nitrogen and oxygen atoms in total. The van der Waals surface area contributed by atoms with Crippen LogP contribution in [-0.4, -0.2) is 36.1 Å². The van der Waals surface area contributed by atoms with E-state index in [1.54, 1.807) is 28.6 Å². The monoisotopic (exact) mass is 319 g/mol. The molecule has 0 saturated carbocycles. The normalized spacial score (nSPS) is 11.7. The van der Waals surface area contributed by atoms with E-state index in [1.807, 2.05) is 43.6 Å². The zero-order chi connectivity index (χ0) is 15.8. The third-order valence-corrected chi connectivity index (χ3v) is 4.40. The molecule has 22 heavy (non-hydrogen) atoms. The van der Waals surface area contributed by atoms with Crippen LogP contribution in [0.3, 0.4) is 0 Å². The fourth-order valence-corrected chi connectivity index (χ4v) is 2.74. The van der Waals surface area contributed by atoms with E-state index in [0.717, 1.165) is 12.2 Å². The molecule has 2 rings (SSSR count). The number of aromatic nitrogens is 1. The van der Waals surface area contributed by atoms with Gasteiger partial charge in [0, 0.05) is 24.7 Å². The van der Waals surface area contributed by atoms with Crippen LogP contribution in [0.15, 0.2) is 42.0 Å². The van der Waals surface area contributed by atoms with Crippen molar-refractivity contribution in [1.29, 1.82) is 0 Å². The molecule has 0 radical (unpaired) electrons. The fourth-order valence-electron chi connectivity index (χ4n) is 1.91. The van der Waals surface area contributed by atoms with Crippen molar-refractivity contribution in [3.63, 3.8) is 0 Å². The van der Waals surface area contributed by atoms with Crippen molar-refractivity contribution in [2.24, 2.45) is 0 Å². The largest absolute Gasteiger partial charge is 0.492 e. The summed E-state index contributed by atoms with van der Waals surface area (Å²) in [4.78, 5) is 19.0. The lowest BCUT2D eigenvalue weighted by atomic mass is 10.2. The maximum absolute atomic E-state index is 12.1. The van der Waals surface area contributed by atoms with Crippen LogP contribution in [0.25, 0.3) is 0 Å². The summed E-state index contributed by atoms with van der Waals surface area (Å²) in [5.74, 6) is 0.747. The van der Waals surface area contributed by atoms with Crippen molar-refractivity contribution in [3.05, 3.63) is 46.9 Å². The number of hydrogen-bond donors (Lipinski definition) is 1. The van der Waals surface area contributed by atoms with Gasteiger partial charge in [-0.15, -0.1) is 11.3 Å². The van der Waals surface area contributed by atoms with Crippen LogP contribution in [0.2, 0.25) is 0 Å². The Labute approximate surface area is 134 Å². The molecule has 1 N–H and O–H groups in total. The van der Waals surface area contributed by atoms with Crippen LogP contribution in [0.1, 0.15) is 24.3 Å². The first-order chi connectivity index (χ1) is 10.7. The number of amides is 2. The van der Waals surface area contributed by atoms with Crippen molar-refractivity contribution in [1.82, 2.24) is 15.2 Å². The number of thiophene rings is 1. The highest BCUT2D eigenvalue weighted by Crippen LogP contribution is 2.23. The van der Waals surface area contributed by atoms with Gasteiger partial charge in [-0.2, -0.15) is 0 Å². The summed E-state index contributed by atoms with van der Waals surface area (Å²) in [6.45, 7) is 3.16. The molecule has 6 heteroatoms. The van der Waals surface area contributed by atoms with E-state index < -0.39 is 0 Å². The quantitative estimate of drug-likeness (QED) is 0.797. The number of carbonyl (C=O) groups is 1. The molecule has 1 unspecified atom stereocenters. The predicted octanol–water partition coefficient (Wildman–Crippen LogP) is 3.31. The third kappa shape index (κ3) is 4.73. The zero-order valence-electron chi connectivity index (χ0n) is 12.9. The van der Waals surface area contributed by atoms with Gasteiger partial charge in [0.05, 0.1) is 18.8 Å². The first-order valence-electron chi connectivity index (χ1n) is 7.25. The number of nitrogens with one attached hydrogen (secondary N) is 1. The Bertz CT molecular complexity index is 560. The highest BCUT2D eigenvalue weighted by atomic mass is 32.1. The molecule has 0 fully saturated rings. The summed E-state index contributed by atoms with van der Waals surface area (Å²) in [5.41, 5.74) is 0. The lowest BCUT2D eigenvalue weighted by Crippen LogP contribution is -2.39. The van der Waals surface area contributed by atoms with Gasteiger partial charge in [0.1, 0.15) is 5.75 Å². The number of ether oxygens (including phenoxy) is 1. The molecule has 0 bridgehead atoms. The first kappa shape index (κ1) is 16.3. The second-order valence-electron chi connectivity index (χ2n) is 4.92. The molecule has 0 saturated heterocycles. The van der Waals surface area contributed by atoms with E-state index in [2.05, 4.69) is 10.3 Å². The second kappa shape index (κ2) is 8.38.